The molecule has 1 amide bonds. The van der Waals surface area contributed by atoms with Gasteiger partial charge in [-0.25, -0.2) is 4.68 Å². The summed E-state index contributed by atoms with van der Waals surface area (Å²) >= 11 is 0. The average Bonchev–Trinajstić information content (AvgIpc) is 2.84. The highest BCUT2D eigenvalue weighted by molar-refractivity contribution is 5.94. The zero-order chi connectivity index (χ0) is 24.2. The van der Waals surface area contributed by atoms with Crippen molar-refractivity contribution in [2.45, 2.75) is 19.8 Å². The number of piperazine rings is 1. The first kappa shape index (κ1) is 23.5. The molecule has 4 rings (SSSR count). The molecular weight excluding hydrogens is 430 g/mol. The normalized spacial score (nSPS) is 14.3. The minimum absolute atomic E-state index is 0.0216. The molecule has 0 atom stereocenters. The molecule has 1 aliphatic heterocycles. The van der Waals surface area contributed by atoms with Gasteiger partial charge in [0.2, 0.25) is 0 Å². The highest BCUT2D eigenvalue weighted by atomic mass is 16.5. The Morgan fingerprint density at radius 3 is 2.24 bits per heavy atom. The van der Waals surface area contributed by atoms with Crippen molar-refractivity contribution in [3.63, 3.8) is 0 Å². The van der Waals surface area contributed by atoms with Gasteiger partial charge in [0, 0.05) is 44.5 Å². The molecule has 3 aromatic rings. The third-order valence-electron chi connectivity index (χ3n) is 6.07. The Labute approximate surface area is 199 Å². The van der Waals surface area contributed by atoms with E-state index in [2.05, 4.69) is 36.2 Å². The number of nitrogens with one attached hydrogen (secondary N) is 1. The monoisotopic (exact) mass is 461 g/mol. The zero-order valence-electron chi connectivity index (χ0n) is 20.1. The van der Waals surface area contributed by atoms with Crippen LogP contribution in [0.1, 0.15) is 35.7 Å². The van der Waals surface area contributed by atoms with Crippen molar-refractivity contribution in [2.75, 3.05) is 38.5 Å². The number of amides is 1. The maximum absolute atomic E-state index is 12.8. The van der Waals surface area contributed by atoms with Crippen LogP contribution in [0.3, 0.4) is 0 Å². The molecule has 1 aromatic heterocycles. The lowest BCUT2D eigenvalue weighted by Crippen LogP contribution is -2.47. The second-order valence-corrected chi connectivity index (χ2v) is 8.94. The van der Waals surface area contributed by atoms with Crippen molar-refractivity contribution in [3.05, 3.63) is 76.2 Å². The van der Waals surface area contributed by atoms with Gasteiger partial charge in [-0.1, -0.05) is 26.0 Å². The number of hydrogen-bond acceptors (Lipinski definition) is 6. The summed E-state index contributed by atoms with van der Waals surface area (Å²) in [4.78, 5) is 29.7. The van der Waals surface area contributed by atoms with E-state index in [-0.39, 0.29) is 17.2 Å². The fraction of sp³-hybridized carbons (Fsp3) is 0.346. The predicted octanol–water partition coefficient (Wildman–Crippen LogP) is 3.83. The molecule has 1 saturated heterocycles. The van der Waals surface area contributed by atoms with E-state index in [4.69, 9.17) is 4.74 Å². The van der Waals surface area contributed by atoms with E-state index < -0.39 is 0 Å². The third-order valence-corrected chi connectivity index (χ3v) is 6.07. The van der Waals surface area contributed by atoms with Gasteiger partial charge in [-0.15, -0.1) is 0 Å². The van der Waals surface area contributed by atoms with Crippen LogP contribution in [0.25, 0.3) is 0 Å². The summed E-state index contributed by atoms with van der Waals surface area (Å²) in [6, 6.07) is 14.9. The van der Waals surface area contributed by atoms with E-state index in [0.29, 0.717) is 28.7 Å². The summed E-state index contributed by atoms with van der Waals surface area (Å²) in [6.07, 6.45) is 1.52. The van der Waals surface area contributed by atoms with Gasteiger partial charge in [0.05, 0.1) is 6.20 Å². The number of anilines is 2. The second-order valence-electron chi connectivity index (χ2n) is 8.94. The second kappa shape index (κ2) is 10.1. The highest BCUT2D eigenvalue weighted by Gasteiger charge is 2.20. The first-order chi connectivity index (χ1) is 16.3. The summed E-state index contributed by atoms with van der Waals surface area (Å²) in [7, 11) is 3.65. The van der Waals surface area contributed by atoms with Crippen molar-refractivity contribution < 1.29 is 9.53 Å². The number of hydrogen-bond donors (Lipinski definition) is 1. The number of benzene rings is 2. The minimum atomic E-state index is -0.311. The Morgan fingerprint density at radius 1 is 0.971 bits per heavy atom. The largest absolute Gasteiger partial charge is 0.453 e. The predicted molar refractivity (Wildman–Crippen MR) is 133 cm³/mol. The van der Waals surface area contributed by atoms with Crippen LogP contribution in [0, 0.1) is 0 Å². The summed E-state index contributed by atoms with van der Waals surface area (Å²) < 4.78 is 7.25. The van der Waals surface area contributed by atoms with Gasteiger partial charge in [-0.3, -0.25) is 9.59 Å². The van der Waals surface area contributed by atoms with Crippen LogP contribution in [0.2, 0.25) is 0 Å². The number of rotatable bonds is 6. The Morgan fingerprint density at radius 2 is 1.62 bits per heavy atom. The molecule has 2 heterocycles. The molecular formula is C26H31N5O3. The molecule has 1 fully saturated rings. The number of carbonyl (C=O) groups is 1. The molecule has 1 N–H and O–H groups in total. The van der Waals surface area contributed by atoms with Crippen LogP contribution in [0.5, 0.6) is 11.5 Å². The average molecular weight is 462 g/mol. The molecule has 0 bridgehead atoms. The van der Waals surface area contributed by atoms with Gasteiger partial charge < -0.3 is 19.9 Å². The minimum Gasteiger partial charge on any atom is -0.453 e. The topological polar surface area (TPSA) is 79.7 Å². The molecule has 178 valence electrons. The lowest BCUT2D eigenvalue weighted by Gasteiger charge is -2.32. The van der Waals surface area contributed by atoms with Crippen LogP contribution in [-0.2, 0) is 7.05 Å². The zero-order valence-corrected chi connectivity index (χ0v) is 20.1. The first-order valence-electron chi connectivity index (χ1n) is 11.5. The quantitative estimate of drug-likeness (QED) is 0.601. The van der Waals surface area contributed by atoms with Crippen LogP contribution in [-0.4, -0.2) is 58.7 Å². The number of likely N-dealkylation sites (N-methyl/N-ethyl adjacent to an activating group) is 1. The van der Waals surface area contributed by atoms with Crippen LogP contribution in [0.15, 0.2) is 59.5 Å². The molecule has 0 unspecified atom stereocenters. The van der Waals surface area contributed by atoms with Gasteiger partial charge >= 0.3 is 0 Å². The van der Waals surface area contributed by atoms with Gasteiger partial charge in [0.1, 0.15) is 5.75 Å². The Balaban J connectivity index is 1.52. The smallest absolute Gasteiger partial charge is 0.294 e. The van der Waals surface area contributed by atoms with Gasteiger partial charge in [0.15, 0.2) is 11.4 Å². The Bertz CT molecular complexity index is 1190. The number of carbonyl (C=O) groups excluding carboxylic acids is 1. The standard InChI is InChI=1S/C26H31N5O3/c1-18(2)19-7-11-22(12-8-19)34-23-17-27-30(4)26(33)24(23)28-21-9-5-20(6-10-21)25(32)31-15-13-29(3)14-16-31/h5-12,17-18,28H,13-16H2,1-4H3. The van der Waals surface area contributed by atoms with E-state index in [0.717, 1.165) is 26.2 Å². The molecule has 8 heteroatoms. The van der Waals surface area contributed by atoms with Gasteiger partial charge in [-0.2, -0.15) is 5.10 Å². The number of aryl methyl sites for hydroxylation is 1. The van der Waals surface area contributed by atoms with Crippen LogP contribution < -0.4 is 15.6 Å². The van der Waals surface area contributed by atoms with Gasteiger partial charge in [-0.05, 0) is 54.9 Å². The fourth-order valence-corrected chi connectivity index (χ4v) is 3.80. The third kappa shape index (κ3) is 5.28. The number of nitrogens with zero attached hydrogens (tertiary/aromatic N) is 4. The summed E-state index contributed by atoms with van der Waals surface area (Å²) in [5.74, 6) is 1.39. The van der Waals surface area contributed by atoms with Gasteiger partial charge in [0.25, 0.3) is 11.5 Å². The van der Waals surface area contributed by atoms with E-state index in [1.165, 1.54) is 16.4 Å². The molecule has 8 nitrogen and oxygen atoms in total. The lowest BCUT2D eigenvalue weighted by molar-refractivity contribution is 0.0664. The first-order valence-corrected chi connectivity index (χ1v) is 11.5. The number of ether oxygens (including phenoxy) is 1. The van der Waals surface area contributed by atoms with E-state index in [1.54, 1.807) is 31.3 Å². The fourth-order valence-electron chi connectivity index (χ4n) is 3.80. The maximum Gasteiger partial charge on any atom is 0.294 e. The Kier molecular flexibility index (Phi) is 6.98. The molecule has 0 aliphatic carbocycles. The molecule has 0 spiro atoms. The van der Waals surface area contributed by atoms with E-state index >= 15 is 0 Å². The van der Waals surface area contributed by atoms with Crippen molar-refractivity contribution in [1.82, 2.24) is 19.6 Å². The summed E-state index contributed by atoms with van der Waals surface area (Å²) in [6.45, 7) is 7.46. The van der Waals surface area contributed by atoms with Crippen molar-refractivity contribution in [3.8, 4) is 11.5 Å². The number of aromatic nitrogens is 2. The Hall–Kier alpha value is -3.65. The van der Waals surface area contributed by atoms with Crippen LogP contribution in [0.4, 0.5) is 11.4 Å². The maximum atomic E-state index is 12.8. The molecule has 34 heavy (non-hydrogen) atoms. The van der Waals surface area contributed by atoms with Crippen molar-refractivity contribution >= 4 is 17.3 Å². The summed E-state index contributed by atoms with van der Waals surface area (Å²) in [5, 5.41) is 7.26. The van der Waals surface area contributed by atoms with Crippen LogP contribution >= 0.6 is 0 Å². The van der Waals surface area contributed by atoms with Crippen molar-refractivity contribution in [2.24, 2.45) is 7.05 Å². The van der Waals surface area contributed by atoms with E-state index in [1.807, 2.05) is 29.2 Å². The molecule has 2 aromatic carbocycles. The molecule has 1 aliphatic rings. The summed E-state index contributed by atoms with van der Waals surface area (Å²) in [5.41, 5.74) is 2.48. The van der Waals surface area contributed by atoms with E-state index in [9.17, 15) is 9.59 Å². The highest BCUT2D eigenvalue weighted by Crippen LogP contribution is 2.29. The SMILES string of the molecule is CC(C)c1ccc(Oc2cnn(C)c(=O)c2Nc2ccc(C(=O)N3CCN(C)CC3)cc2)cc1. The van der Waals surface area contributed by atoms with Crippen molar-refractivity contribution in [1.29, 1.82) is 0 Å². The lowest BCUT2D eigenvalue weighted by atomic mass is 10.0. The molecule has 0 saturated carbocycles. The molecule has 0 radical (unpaired) electrons.